The Morgan fingerprint density at radius 1 is 1.04 bits per heavy atom. The Bertz CT molecular complexity index is 929. The van der Waals surface area contributed by atoms with Crippen LogP contribution in [0.2, 0.25) is 0 Å². The number of hydrogen-bond acceptors (Lipinski definition) is 7. The van der Waals surface area contributed by atoms with Gasteiger partial charge in [0.05, 0.1) is 20.8 Å². The molecule has 0 atom stereocenters. The molecule has 3 rings (SSSR count). The normalized spacial score (nSPS) is 10.6. The third-order valence-electron chi connectivity index (χ3n) is 3.28. The molecule has 0 aliphatic heterocycles. The van der Waals surface area contributed by atoms with Gasteiger partial charge in [-0.05, 0) is 23.4 Å². The molecule has 0 spiro atoms. The van der Waals surface area contributed by atoms with Crippen molar-refractivity contribution in [1.29, 1.82) is 0 Å². The standard InChI is InChI=1S/C15H11N5O4S/c21-19(22)11-6-7-13(12(9-11)20(23)24)25-15-16-14(17-18-15)8-10-4-2-1-3-5-10/h1-7,9H,8H2,(H,16,17,18). The van der Waals surface area contributed by atoms with Crippen molar-refractivity contribution < 1.29 is 9.85 Å². The maximum absolute atomic E-state index is 11.2. The van der Waals surface area contributed by atoms with Crippen LogP contribution in [0.3, 0.4) is 0 Å². The molecule has 1 heterocycles. The van der Waals surface area contributed by atoms with E-state index in [1.54, 1.807) is 0 Å². The van der Waals surface area contributed by atoms with Gasteiger partial charge in [-0.1, -0.05) is 30.3 Å². The van der Waals surface area contributed by atoms with Gasteiger partial charge >= 0.3 is 0 Å². The van der Waals surface area contributed by atoms with Crippen LogP contribution in [0, 0.1) is 20.2 Å². The van der Waals surface area contributed by atoms with Gasteiger partial charge in [-0.25, -0.2) is 4.98 Å². The van der Waals surface area contributed by atoms with Crippen LogP contribution in [-0.2, 0) is 6.42 Å². The highest BCUT2D eigenvalue weighted by atomic mass is 32.2. The summed E-state index contributed by atoms with van der Waals surface area (Å²) in [5.41, 5.74) is 0.362. The van der Waals surface area contributed by atoms with E-state index in [4.69, 9.17) is 0 Å². The number of rotatable bonds is 6. The minimum absolute atomic E-state index is 0.237. The zero-order valence-corrected chi connectivity index (χ0v) is 13.5. The van der Waals surface area contributed by atoms with E-state index < -0.39 is 9.85 Å². The van der Waals surface area contributed by atoms with Crippen LogP contribution < -0.4 is 0 Å². The van der Waals surface area contributed by atoms with Gasteiger partial charge in [0, 0.05) is 12.5 Å². The molecule has 0 fully saturated rings. The fourth-order valence-electron chi connectivity index (χ4n) is 2.14. The molecule has 0 aliphatic rings. The SMILES string of the molecule is O=[N+]([O-])c1ccc(Sc2n[nH]c(Cc3ccccc3)n2)c([N+](=O)[O-])c1. The second-order valence-corrected chi connectivity index (χ2v) is 6.00. The van der Waals surface area contributed by atoms with Crippen LogP contribution in [0.25, 0.3) is 0 Å². The number of nitro groups is 2. The van der Waals surface area contributed by atoms with Gasteiger partial charge in [-0.2, -0.15) is 0 Å². The Morgan fingerprint density at radius 3 is 2.48 bits per heavy atom. The highest BCUT2D eigenvalue weighted by molar-refractivity contribution is 7.99. The number of nitrogens with zero attached hydrogens (tertiary/aromatic N) is 4. The number of aromatic amines is 1. The molecule has 126 valence electrons. The number of nitrogens with one attached hydrogen (secondary N) is 1. The molecule has 0 aliphatic carbocycles. The molecule has 1 aromatic heterocycles. The Labute approximate surface area is 145 Å². The molecule has 0 bridgehead atoms. The fraction of sp³-hybridized carbons (Fsp3) is 0.0667. The first-order valence-corrected chi connectivity index (χ1v) is 7.90. The number of H-pyrrole nitrogens is 1. The van der Waals surface area contributed by atoms with Crippen LogP contribution in [0.5, 0.6) is 0 Å². The van der Waals surface area contributed by atoms with E-state index in [0.29, 0.717) is 17.4 Å². The van der Waals surface area contributed by atoms with Crippen molar-refractivity contribution in [3.63, 3.8) is 0 Å². The molecule has 0 saturated heterocycles. The molecule has 0 amide bonds. The van der Waals surface area contributed by atoms with Crippen molar-refractivity contribution in [2.24, 2.45) is 0 Å². The minimum Gasteiger partial charge on any atom is -0.262 e. The number of aromatic nitrogens is 3. The molecule has 0 unspecified atom stereocenters. The topological polar surface area (TPSA) is 128 Å². The predicted molar refractivity (Wildman–Crippen MR) is 89.5 cm³/mol. The second kappa shape index (κ2) is 7.09. The van der Waals surface area contributed by atoms with E-state index in [1.807, 2.05) is 30.3 Å². The summed E-state index contributed by atoms with van der Waals surface area (Å²) in [6, 6.07) is 13.1. The third kappa shape index (κ3) is 3.98. The average Bonchev–Trinajstić information content (AvgIpc) is 3.02. The Morgan fingerprint density at radius 2 is 1.80 bits per heavy atom. The Balaban J connectivity index is 1.81. The van der Waals surface area contributed by atoms with Crippen molar-refractivity contribution in [2.45, 2.75) is 16.5 Å². The lowest BCUT2D eigenvalue weighted by molar-refractivity contribution is -0.396. The molecule has 3 aromatic rings. The maximum atomic E-state index is 11.2. The van der Waals surface area contributed by atoms with Crippen LogP contribution in [0.15, 0.2) is 58.6 Å². The van der Waals surface area contributed by atoms with E-state index >= 15 is 0 Å². The molecule has 0 saturated carbocycles. The van der Waals surface area contributed by atoms with E-state index in [0.717, 1.165) is 23.4 Å². The largest absolute Gasteiger partial charge is 0.290 e. The van der Waals surface area contributed by atoms with Gasteiger partial charge < -0.3 is 0 Å². The predicted octanol–water partition coefficient (Wildman–Crippen LogP) is 3.36. The van der Waals surface area contributed by atoms with Crippen LogP contribution in [0.4, 0.5) is 11.4 Å². The maximum Gasteiger partial charge on any atom is 0.290 e. The molecule has 10 heteroatoms. The molecule has 25 heavy (non-hydrogen) atoms. The van der Waals surface area contributed by atoms with Crippen molar-refractivity contribution >= 4 is 23.1 Å². The van der Waals surface area contributed by atoms with E-state index in [2.05, 4.69) is 15.2 Å². The lowest BCUT2D eigenvalue weighted by Crippen LogP contribution is -1.94. The third-order valence-corrected chi connectivity index (χ3v) is 4.21. The zero-order valence-electron chi connectivity index (χ0n) is 12.7. The summed E-state index contributed by atoms with van der Waals surface area (Å²) < 4.78 is 0. The molecule has 2 aromatic carbocycles. The lowest BCUT2D eigenvalue weighted by atomic mass is 10.1. The first-order valence-electron chi connectivity index (χ1n) is 7.09. The first kappa shape index (κ1) is 16.6. The molecule has 1 N–H and O–H groups in total. The fourth-order valence-corrected chi connectivity index (χ4v) is 2.96. The van der Waals surface area contributed by atoms with Gasteiger partial charge in [0.25, 0.3) is 11.4 Å². The quantitative estimate of drug-likeness (QED) is 0.529. The first-order chi connectivity index (χ1) is 12.0. The summed E-state index contributed by atoms with van der Waals surface area (Å²) in [6.45, 7) is 0. The zero-order chi connectivity index (χ0) is 17.8. The lowest BCUT2D eigenvalue weighted by Gasteiger charge is -1.99. The molecule has 9 nitrogen and oxygen atoms in total. The van der Waals surface area contributed by atoms with E-state index in [9.17, 15) is 20.2 Å². The van der Waals surface area contributed by atoms with Crippen molar-refractivity contribution in [2.75, 3.05) is 0 Å². The Kier molecular flexibility index (Phi) is 4.70. The van der Waals surface area contributed by atoms with E-state index in [1.165, 1.54) is 12.1 Å². The van der Waals surface area contributed by atoms with Gasteiger partial charge in [-0.3, -0.25) is 25.3 Å². The van der Waals surface area contributed by atoms with Crippen molar-refractivity contribution in [3.8, 4) is 0 Å². The molecular formula is C15H11N5O4S. The summed E-state index contributed by atoms with van der Waals surface area (Å²) in [5, 5.41) is 29.1. The van der Waals surface area contributed by atoms with Gasteiger partial charge in [-0.15, -0.1) is 5.10 Å². The summed E-state index contributed by atoms with van der Waals surface area (Å²) in [7, 11) is 0. The summed E-state index contributed by atoms with van der Waals surface area (Å²) in [5.74, 6) is 0.623. The summed E-state index contributed by atoms with van der Waals surface area (Å²) in [4.78, 5) is 25.1. The van der Waals surface area contributed by atoms with Gasteiger partial charge in [0.2, 0.25) is 5.16 Å². The van der Waals surface area contributed by atoms with Gasteiger partial charge in [0.1, 0.15) is 5.82 Å². The molecule has 0 radical (unpaired) electrons. The van der Waals surface area contributed by atoms with Crippen molar-refractivity contribution in [1.82, 2.24) is 15.2 Å². The van der Waals surface area contributed by atoms with Gasteiger partial charge in [0.15, 0.2) is 0 Å². The highest BCUT2D eigenvalue weighted by Gasteiger charge is 2.21. The highest BCUT2D eigenvalue weighted by Crippen LogP contribution is 2.35. The minimum atomic E-state index is -0.674. The monoisotopic (exact) mass is 357 g/mol. The van der Waals surface area contributed by atoms with Crippen molar-refractivity contribution in [3.05, 3.63) is 80.1 Å². The summed E-state index contributed by atoms with van der Waals surface area (Å²) >= 11 is 0.977. The summed E-state index contributed by atoms with van der Waals surface area (Å²) in [6.07, 6.45) is 0.552. The molecular weight excluding hydrogens is 346 g/mol. The number of hydrogen-bond donors (Lipinski definition) is 1. The number of non-ortho nitro benzene ring substituents is 1. The smallest absolute Gasteiger partial charge is 0.262 e. The average molecular weight is 357 g/mol. The van der Waals surface area contributed by atoms with Crippen LogP contribution in [0.1, 0.15) is 11.4 Å². The number of benzene rings is 2. The Hall–Kier alpha value is -3.27. The van der Waals surface area contributed by atoms with Crippen LogP contribution >= 0.6 is 11.8 Å². The number of nitro benzene ring substituents is 2. The second-order valence-electron chi connectivity index (χ2n) is 5.00. The van der Waals surface area contributed by atoms with E-state index in [-0.39, 0.29) is 16.3 Å². The van der Waals surface area contributed by atoms with Crippen LogP contribution in [-0.4, -0.2) is 25.0 Å².